The van der Waals surface area contributed by atoms with Gasteiger partial charge in [0.25, 0.3) is 0 Å². The van der Waals surface area contributed by atoms with Crippen LogP contribution >= 0.6 is 0 Å². The number of rotatable bonds is 2. The van der Waals surface area contributed by atoms with E-state index in [2.05, 4.69) is 13.8 Å². The van der Waals surface area contributed by atoms with Crippen molar-refractivity contribution >= 4 is 12.1 Å². The Kier molecular flexibility index (Phi) is 4.72. The van der Waals surface area contributed by atoms with Crippen LogP contribution in [0.4, 0.5) is 4.79 Å². The van der Waals surface area contributed by atoms with Gasteiger partial charge in [0.15, 0.2) is 0 Å². The SMILES string of the molecule is CC(C(=O)O)C1CCC(C)(C)CN1C(=O)OC(C)(C)C. The van der Waals surface area contributed by atoms with Gasteiger partial charge in [-0.15, -0.1) is 0 Å². The minimum absolute atomic E-state index is 0.00831. The van der Waals surface area contributed by atoms with Gasteiger partial charge in [0.2, 0.25) is 0 Å². The first kappa shape index (κ1) is 16.8. The van der Waals surface area contributed by atoms with Crippen LogP contribution in [-0.2, 0) is 9.53 Å². The zero-order valence-corrected chi connectivity index (χ0v) is 13.4. The second-order valence-corrected chi connectivity index (χ2v) is 7.51. The lowest BCUT2D eigenvalue weighted by molar-refractivity contribution is -0.144. The van der Waals surface area contributed by atoms with Crippen LogP contribution in [-0.4, -0.2) is 40.3 Å². The maximum atomic E-state index is 12.3. The van der Waals surface area contributed by atoms with E-state index in [1.807, 2.05) is 20.8 Å². The molecule has 0 saturated carbocycles. The predicted octanol–water partition coefficient (Wildman–Crippen LogP) is 3.13. The minimum atomic E-state index is -0.872. The van der Waals surface area contributed by atoms with E-state index in [9.17, 15) is 14.7 Å². The van der Waals surface area contributed by atoms with Crippen LogP contribution in [0.5, 0.6) is 0 Å². The van der Waals surface area contributed by atoms with Gasteiger partial charge < -0.3 is 14.7 Å². The zero-order valence-electron chi connectivity index (χ0n) is 13.4. The van der Waals surface area contributed by atoms with E-state index in [1.165, 1.54) is 0 Å². The molecule has 0 radical (unpaired) electrons. The molecule has 1 aliphatic rings. The summed E-state index contributed by atoms with van der Waals surface area (Å²) >= 11 is 0. The van der Waals surface area contributed by atoms with Crippen LogP contribution in [0.2, 0.25) is 0 Å². The second-order valence-electron chi connectivity index (χ2n) is 7.51. The summed E-state index contributed by atoms with van der Waals surface area (Å²) < 4.78 is 5.42. The Morgan fingerprint density at radius 2 is 1.90 bits per heavy atom. The molecular formula is C15H27NO4. The quantitative estimate of drug-likeness (QED) is 0.846. The molecule has 0 aromatic carbocycles. The molecule has 0 spiro atoms. The molecule has 2 atom stereocenters. The Hall–Kier alpha value is -1.26. The summed E-state index contributed by atoms with van der Waals surface area (Å²) in [5.41, 5.74) is -0.582. The van der Waals surface area contributed by atoms with E-state index in [-0.39, 0.29) is 11.5 Å². The number of aliphatic carboxylic acids is 1. The lowest BCUT2D eigenvalue weighted by Gasteiger charge is -2.45. The maximum absolute atomic E-state index is 12.3. The Bertz CT molecular complexity index is 384. The van der Waals surface area contributed by atoms with Gasteiger partial charge in [-0.05, 0) is 46.0 Å². The number of carboxylic acids is 1. The second kappa shape index (κ2) is 5.62. The topological polar surface area (TPSA) is 66.8 Å². The van der Waals surface area contributed by atoms with Crippen molar-refractivity contribution in [3.63, 3.8) is 0 Å². The van der Waals surface area contributed by atoms with Crippen molar-refractivity contribution in [2.45, 2.75) is 66.0 Å². The van der Waals surface area contributed by atoms with Gasteiger partial charge in [-0.3, -0.25) is 4.79 Å². The number of carbonyl (C=O) groups is 2. The van der Waals surface area contributed by atoms with Crippen LogP contribution < -0.4 is 0 Å². The largest absolute Gasteiger partial charge is 0.481 e. The van der Waals surface area contributed by atoms with Crippen LogP contribution in [0, 0.1) is 11.3 Å². The molecule has 1 saturated heterocycles. The number of likely N-dealkylation sites (tertiary alicyclic amines) is 1. The molecule has 0 aliphatic carbocycles. The van der Waals surface area contributed by atoms with Gasteiger partial charge >= 0.3 is 12.1 Å². The molecule has 20 heavy (non-hydrogen) atoms. The molecule has 5 nitrogen and oxygen atoms in total. The summed E-state index contributed by atoms with van der Waals surface area (Å²) in [5, 5.41) is 9.22. The molecule has 1 amide bonds. The molecule has 1 heterocycles. The van der Waals surface area contributed by atoms with Crippen molar-refractivity contribution in [2.75, 3.05) is 6.54 Å². The highest BCUT2D eigenvalue weighted by molar-refractivity contribution is 5.73. The number of hydrogen-bond acceptors (Lipinski definition) is 3. The van der Waals surface area contributed by atoms with Crippen molar-refractivity contribution in [1.82, 2.24) is 4.90 Å². The average Bonchev–Trinajstić information content (AvgIpc) is 2.24. The van der Waals surface area contributed by atoms with Crippen LogP contribution in [0.3, 0.4) is 0 Å². The van der Waals surface area contributed by atoms with Gasteiger partial charge in [0.1, 0.15) is 5.60 Å². The fourth-order valence-corrected chi connectivity index (χ4v) is 2.56. The van der Waals surface area contributed by atoms with Crippen molar-refractivity contribution in [2.24, 2.45) is 11.3 Å². The highest BCUT2D eigenvalue weighted by Gasteiger charge is 2.41. The predicted molar refractivity (Wildman–Crippen MR) is 76.5 cm³/mol. The van der Waals surface area contributed by atoms with Crippen LogP contribution in [0.25, 0.3) is 0 Å². The number of amides is 1. The molecule has 116 valence electrons. The fraction of sp³-hybridized carbons (Fsp3) is 0.867. The third-order valence-corrected chi connectivity index (χ3v) is 3.71. The van der Waals surface area contributed by atoms with E-state index < -0.39 is 23.6 Å². The Morgan fingerprint density at radius 1 is 1.35 bits per heavy atom. The fourth-order valence-electron chi connectivity index (χ4n) is 2.56. The maximum Gasteiger partial charge on any atom is 0.410 e. The highest BCUT2D eigenvalue weighted by Crippen LogP contribution is 2.35. The molecule has 1 N–H and O–H groups in total. The smallest absolute Gasteiger partial charge is 0.410 e. The first-order valence-electron chi connectivity index (χ1n) is 7.15. The van der Waals surface area contributed by atoms with Crippen molar-refractivity contribution in [3.8, 4) is 0 Å². The Balaban J connectivity index is 2.93. The first-order valence-corrected chi connectivity index (χ1v) is 7.15. The van der Waals surface area contributed by atoms with Gasteiger partial charge in [-0.1, -0.05) is 13.8 Å². The Morgan fingerprint density at radius 3 is 2.35 bits per heavy atom. The van der Waals surface area contributed by atoms with E-state index in [0.717, 1.165) is 6.42 Å². The van der Waals surface area contributed by atoms with Crippen molar-refractivity contribution in [1.29, 1.82) is 0 Å². The lowest BCUT2D eigenvalue weighted by Crippen LogP contribution is -2.54. The first-order chi connectivity index (χ1) is 8.93. The number of piperidine rings is 1. The zero-order chi connectivity index (χ0) is 15.7. The van der Waals surface area contributed by atoms with E-state index >= 15 is 0 Å². The summed E-state index contributed by atoms with van der Waals surface area (Å²) in [6, 6.07) is -0.296. The number of carboxylic acid groups (broad SMARTS) is 1. The highest BCUT2D eigenvalue weighted by atomic mass is 16.6. The standard InChI is InChI=1S/C15H27NO4/c1-10(12(17)18)11-7-8-15(5,6)9-16(11)13(19)20-14(2,3)4/h10-11H,7-9H2,1-6H3,(H,17,18). The van der Waals surface area contributed by atoms with E-state index in [1.54, 1.807) is 11.8 Å². The Labute approximate surface area is 121 Å². The number of hydrogen-bond donors (Lipinski definition) is 1. The number of ether oxygens (including phenoxy) is 1. The lowest BCUT2D eigenvalue weighted by atomic mass is 9.78. The third-order valence-electron chi connectivity index (χ3n) is 3.71. The summed E-state index contributed by atoms with van der Waals surface area (Å²) in [4.78, 5) is 25.2. The monoisotopic (exact) mass is 285 g/mol. The minimum Gasteiger partial charge on any atom is -0.481 e. The average molecular weight is 285 g/mol. The van der Waals surface area contributed by atoms with Crippen molar-refractivity contribution in [3.05, 3.63) is 0 Å². The van der Waals surface area contributed by atoms with Gasteiger partial charge in [-0.25, -0.2) is 4.79 Å². The van der Waals surface area contributed by atoms with Crippen LogP contribution in [0.1, 0.15) is 54.4 Å². The molecule has 1 fully saturated rings. The van der Waals surface area contributed by atoms with Gasteiger partial charge in [0, 0.05) is 12.6 Å². The molecule has 0 bridgehead atoms. The van der Waals surface area contributed by atoms with E-state index in [4.69, 9.17) is 4.74 Å². The van der Waals surface area contributed by atoms with Gasteiger partial charge in [0.05, 0.1) is 5.92 Å². The third kappa shape index (κ3) is 4.39. The molecule has 1 aliphatic heterocycles. The van der Waals surface area contributed by atoms with Crippen LogP contribution in [0.15, 0.2) is 0 Å². The molecule has 2 unspecified atom stereocenters. The normalized spacial score (nSPS) is 24.1. The molecular weight excluding hydrogens is 258 g/mol. The van der Waals surface area contributed by atoms with E-state index in [0.29, 0.717) is 13.0 Å². The van der Waals surface area contributed by atoms with Gasteiger partial charge in [-0.2, -0.15) is 0 Å². The molecule has 0 aromatic heterocycles. The summed E-state index contributed by atoms with van der Waals surface area (Å²) in [7, 11) is 0. The summed E-state index contributed by atoms with van der Waals surface area (Å²) in [6.45, 7) is 11.8. The number of nitrogens with zero attached hydrogens (tertiary/aromatic N) is 1. The molecule has 5 heteroatoms. The number of carbonyl (C=O) groups excluding carboxylic acids is 1. The van der Waals surface area contributed by atoms with Crippen molar-refractivity contribution < 1.29 is 19.4 Å². The summed E-state index contributed by atoms with van der Waals surface area (Å²) in [5.74, 6) is -1.46. The summed E-state index contributed by atoms with van der Waals surface area (Å²) in [6.07, 6.45) is 1.19. The molecule has 1 rings (SSSR count). The molecule has 0 aromatic rings.